The molecule has 31 heavy (non-hydrogen) atoms. The van der Waals surface area contributed by atoms with Crippen molar-refractivity contribution in [2.75, 3.05) is 11.9 Å². The second-order valence-electron chi connectivity index (χ2n) is 7.90. The first-order chi connectivity index (χ1) is 14.9. The molecular weight excluding hydrogens is 402 g/mol. The first-order valence-corrected chi connectivity index (χ1v) is 10.8. The molecule has 0 aliphatic carbocycles. The Bertz CT molecular complexity index is 948. The van der Waals surface area contributed by atoms with E-state index < -0.39 is 23.6 Å². The van der Waals surface area contributed by atoms with Crippen molar-refractivity contribution in [3.8, 4) is 5.75 Å². The van der Waals surface area contributed by atoms with E-state index in [1.165, 1.54) is 11.0 Å². The van der Waals surface area contributed by atoms with Crippen LogP contribution < -0.4 is 5.32 Å². The highest BCUT2D eigenvalue weighted by molar-refractivity contribution is 5.98. The van der Waals surface area contributed by atoms with E-state index in [-0.39, 0.29) is 17.3 Å². The van der Waals surface area contributed by atoms with Gasteiger partial charge in [-0.25, -0.2) is 8.78 Å². The standard InChI is InChI=1S/C24H28F2N2O3/c1-2-3-4-5-6-7-22(30)28-13-12-16-8-10-18(29)15-19(16)23(28)24(31)27-21-11-9-17(25)14-20(21)26/h8-11,14-15,23,29H,2-7,12-13H2,1H3,(H,27,31). The van der Waals surface area contributed by atoms with Crippen LogP contribution in [0.5, 0.6) is 5.75 Å². The lowest BCUT2D eigenvalue weighted by atomic mass is 9.91. The van der Waals surface area contributed by atoms with Crippen molar-refractivity contribution in [3.63, 3.8) is 0 Å². The fourth-order valence-electron chi connectivity index (χ4n) is 3.97. The first kappa shape index (κ1) is 22.7. The number of hydrogen-bond donors (Lipinski definition) is 2. The van der Waals surface area contributed by atoms with E-state index in [4.69, 9.17) is 0 Å². The minimum absolute atomic E-state index is 0.0154. The van der Waals surface area contributed by atoms with Crippen molar-refractivity contribution in [1.82, 2.24) is 4.90 Å². The number of phenolic OH excluding ortho intramolecular Hbond substituents is 1. The van der Waals surface area contributed by atoms with E-state index in [9.17, 15) is 23.5 Å². The van der Waals surface area contributed by atoms with Crippen LogP contribution >= 0.6 is 0 Å². The molecule has 1 unspecified atom stereocenters. The lowest BCUT2D eigenvalue weighted by molar-refractivity contribution is -0.139. The zero-order valence-electron chi connectivity index (χ0n) is 17.7. The number of carbonyl (C=O) groups is 2. The van der Waals surface area contributed by atoms with Gasteiger partial charge >= 0.3 is 0 Å². The molecule has 0 saturated carbocycles. The second kappa shape index (κ2) is 10.4. The molecule has 1 heterocycles. The number of carbonyl (C=O) groups excluding carboxylic acids is 2. The van der Waals surface area contributed by atoms with Crippen molar-refractivity contribution in [2.45, 2.75) is 57.9 Å². The molecule has 0 bridgehead atoms. The van der Waals surface area contributed by atoms with Gasteiger partial charge in [0.05, 0.1) is 5.69 Å². The van der Waals surface area contributed by atoms with Crippen molar-refractivity contribution in [1.29, 1.82) is 0 Å². The Morgan fingerprint density at radius 2 is 1.87 bits per heavy atom. The van der Waals surface area contributed by atoms with Crippen molar-refractivity contribution in [3.05, 3.63) is 59.2 Å². The van der Waals surface area contributed by atoms with E-state index in [2.05, 4.69) is 12.2 Å². The largest absolute Gasteiger partial charge is 0.508 e. The molecule has 0 aromatic heterocycles. The maximum Gasteiger partial charge on any atom is 0.251 e. The average Bonchev–Trinajstić information content (AvgIpc) is 2.74. The molecule has 0 fully saturated rings. The molecular formula is C24H28F2N2O3. The highest BCUT2D eigenvalue weighted by atomic mass is 19.1. The van der Waals surface area contributed by atoms with Crippen LogP contribution in [0.25, 0.3) is 0 Å². The van der Waals surface area contributed by atoms with Gasteiger partial charge in [-0.15, -0.1) is 0 Å². The third kappa shape index (κ3) is 5.60. The molecule has 0 radical (unpaired) electrons. The fraction of sp³-hybridized carbons (Fsp3) is 0.417. The third-order valence-corrected chi connectivity index (χ3v) is 5.61. The summed E-state index contributed by atoms with van der Waals surface area (Å²) in [4.78, 5) is 27.6. The van der Waals surface area contributed by atoms with Crippen LogP contribution in [-0.2, 0) is 16.0 Å². The van der Waals surface area contributed by atoms with Gasteiger partial charge in [0.1, 0.15) is 23.4 Å². The van der Waals surface area contributed by atoms with E-state index >= 15 is 0 Å². The lowest BCUT2D eigenvalue weighted by Gasteiger charge is -2.36. The maximum atomic E-state index is 14.1. The Hall–Kier alpha value is -2.96. The molecule has 1 aliphatic rings. The van der Waals surface area contributed by atoms with Crippen molar-refractivity contribution in [2.24, 2.45) is 0 Å². The number of nitrogens with one attached hydrogen (secondary N) is 1. The van der Waals surface area contributed by atoms with Crippen LogP contribution in [0.15, 0.2) is 36.4 Å². The monoisotopic (exact) mass is 430 g/mol. The summed E-state index contributed by atoms with van der Waals surface area (Å²) >= 11 is 0. The Morgan fingerprint density at radius 3 is 2.61 bits per heavy atom. The van der Waals surface area contributed by atoms with Crippen LogP contribution in [-0.4, -0.2) is 28.4 Å². The number of unbranched alkanes of at least 4 members (excludes halogenated alkanes) is 4. The number of nitrogens with zero attached hydrogens (tertiary/aromatic N) is 1. The Kier molecular flexibility index (Phi) is 7.60. The van der Waals surface area contributed by atoms with Crippen LogP contribution in [0.2, 0.25) is 0 Å². The second-order valence-corrected chi connectivity index (χ2v) is 7.90. The normalized spacial score (nSPS) is 15.5. The molecule has 0 saturated heterocycles. The topological polar surface area (TPSA) is 69.6 Å². The molecule has 5 nitrogen and oxygen atoms in total. The summed E-state index contributed by atoms with van der Waals surface area (Å²) in [6.45, 7) is 2.48. The molecule has 2 aromatic rings. The SMILES string of the molecule is CCCCCCCC(=O)N1CCc2ccc(O)cc2C1C(=O)Nc1ccc(F)cc1F. The predicted molar refractivity (Wildman–Crippen MR) is 115 cm³/mol. The van der Waals surface area contributed by atoms with Gasteiger partial charge < -0.3 is 15.3 Å². The minimum Gasteiger partial charge on any atom is -0.508 e. The molecule has 166 valence electrons. The van der Waals surface area contributed by atoms with Crippen LogP contribution in [0.4, 0.5) is 14.5 Å². The van der Waals surface area contributed by atoms with Gasteiger partial charge in [0.15, 0.2) is 0 Å². The number of halogens is 2. The number of rotatable bonds is 8. The molecule has 0 spiro atoms. The molecule has 3 rings (SSSR count). The number of anilines is 1. The smallest absolute Gasteiger partial charge is 0.251 e. The van der Waals surface area contributed by atoms with E-state index in [0.29, 0.717) is 31.0 Å². The Labute approximate surface area is 181 Å². The van der Waals surface area contributed by atoms with Crippen molar-refractivity contribution >= 4 is 17.5 Å². The molecule has 1 aliphatic heterocycles. The highest BCUT2D eigenvalue weighted by Crippen LogP contribution is 2.34. The van der Waals surface area contributed by atoms with Gasteiger partial charge in [0.2, 0.25) is 5.91 Å². The summed E-state index contributed by atoms with van der Waals surface area (Å²) in [5, 5.41) is 12.4. The van der Waals surface area contributed by atoms with Gasteiger partial charge in [0.25, 0.3) is 5.91 Å². The third-order valence-electron chi connectivity index (χ3n) is 5.61. The van der Waals surface area contributed by atoms with Crippen LogP contribution in [0, 0.1) is 11.6 Å². The van der Waals surface area contributed by atoms with Gasteiger partial charge in [-0.05, 0) is 48.2 Å². The zero-order valence-corrected chi connectivity index (χ0v) is 17.7. The Balaban J connectivity index is 1.82. The lowest BCUT2D eigenvalue weighted by Crippen LogP contribution is -2.45. The number of amides is 2. The van der Waals surface area contributed by atoms with Gasteiger partial charge in [0, 0.05) is 19.0 Å². The number of aromatic hydroxyl groups is 1. The average molecular weight is 430 g/mol. The van der Waals surface area contributed by atoms with E-state index in [1.54, 1.807) is 12.1 Å². The predicted octanol–water partition coefficient (Wildman–Crippen LogP) is 5.10. The maximum absolute atomic E-state index is 14.1. The number of benzene rings is 2. The quantitative estimate of drug-likeness (QED) is 0.573. The molecule has 2 N–H and O–H groups in total. The molecule has 7 heteroatoms. The minimum atomic E-state index is -0.997. The summed E-state index contributed by atoms with van der Waals surface area (Å²) < 4.78 is 27.3. The summed E-state index contributed by atoms with van der Waals surface area (Å²) in [7, 11) is 0. The summed E-state index contributed by atoms with van der Waals surface area (Å²) in [6.07, 6.45) is 5.87. The number of hydrogen-bond acceptors (Lipinski definition) is 3. The Morgan fingerprint density at radius 1 is 1.10 bits per heavy atom. The van der Waals surface area contributed by atoms with Crippen LogP contribution in [0.1, 0.15) is 62.6 Å². The molecule has 2 aromatic carbocycles. The number of fused-ring (bicyclic) bond motifs is 1. The van der Waals surface area contributed by atoms with Crippen LogP contribution in [0.3, 0.4) is 0 Å². The summed E-state index contributed by atoms with van der Waals surface area (Å²) in [5.41, 5.74) is 1.21. The van der Waals surface area contributed by atoms with Gasteiger partial charge in [-0.3, -0.25) is 9.59 Å². The van der Waals surface area contributed by atoms with E-state index in [0.717, 1.165) is 49.8 Å². The molecule has 1 atom stereocenters. The summed E-state index contributed by atoms with van der Waals surface area (Å²) in [5.74, 6) is -2.41. The fourth-order valence-corrected chi connectivity index (χ4v) is 3.97. The zero-order chi connectivity index (χ0) is 22.4. The molecule has 2 amide bonds. The first-order valence-electron chi connectivity index (χ1n) is 10.8. The highest BCUT2D eigenvalue weighted by Gasteiger charge is 2.36. The number of phenols is 1. The van der Waals surface area contributed by atoms with Gasteiger partial charge in [-0.2, -0.15) is 0 Å². The summed E-state index contributed by atoms with van der Waals surface area (Å²) in [6, 6.07) is 6.64. The van der Waals surface area contributed by atoms with E-state index in [1.807, 2.05) is 0 Å². The van der Waals surface area contributed by atoms with Crippen molar-refractivity contribution < 1.29 is 23.5 Å². The van der Waals surface area contributed by atoms with Gasteiger partial charge in [-0.1, -0.05) is 38.7 Å².